The van der Waals surface area contributed by atoms with Gasteiger partial charge in [-0.2, -0.15) is 5.10 Å². The second-order valence-electron chi connectivity index (χ2n) is 8.68. The fourth-order valence-corrected chi connectivity index (χ4v) is 4.53. The minimum atomic E-state index is -0.137. The van der Waals surface area contributed by atoms with Gasteiger partial charge < -0.3 is 14.5 Å². The van der Waals surface area contributed by atoms with Crippen molar-refractivity contribution in [3.8, 4) is 0 Å². The summed E-state index contributed by atoms with van der Waals surface area (Å²) in [7, 11) is 1.60. The molecule has 0 spiro atoms. The summed E-state index contributed by atoms with van der Waals surface area (Å²) in [5.41, 5.74) is 1.38. The lowest BCUT2D eigenvalue weighted by atomic mass is 9.97. The van der Waals surface area contributed by atoms with Crippen molar-refractivity contribution in [3.05, 3.63) is 52.6 Å². The average molecular weight is 441 g/mol. The Hall–Kier alpha value is -2.78. The maximum Gasteiger partial charge on any atom is 0.276 e. The summed E-state index contributed by atoms with van der Waals surface area (Å²) >= 11 is 0. The fourth-order valence-electron chi connectivity index (χ4n) is 4.53. The number of rotatable bonds is 6. The zero-order valence-corrected chi connectivity index (χ0v) is 19.1. The summed E-state index contributed by atoms with van der Waals surface area (Å²) < 4.78 is 12.3. The van der Waals surface area contributed by atoms with Gasteiger partial charge in [0.25, 0.3) is 5.56 Å². The van der Waals surface area contributed by atoms with Crippen molar-refractivity contribution in [3.63, 3.8) is 0 Å². The van der Waals surface area contributed by atoms with Crippen LogP contribution >= 0.6 is 0 Å². The third-order valence-corrected chi connectivity index (χ3v) is 6.45. The molecular weight excluding hydrogens is 408 g/mol. The van der Waals surface area contributed by atoms with Gasteiger partial charge in [-0.1, -0.05) is 19.6 Å². The van der Waals surface area contributed by atoms with Gasteiger partial charge in [0.05, 0.1) is 13.3 Å². The van der Waals surface area contributed by atoms with Crippen molar-refractivity contribution >= 4 is 11.4 Å². The minimum Gasteiger partial charge on any atom is -0.484 e. The molecule has 0 bridgehead atoms. The molecule has 4 rings (SSSR count). The van der Waals surface area contributed by atoms with Gasteiger partial charge in [0.2, 0.25) is 0 Å². The predicted molar refractivity (Wildman–Crippen MR) is 123 cm³/mol. The number of H-pyrrole nitrogens is 1. The van der Waals surface area contributed by atoms with Gasteiger partial charge in [-0.25, -0.2) is 14.5 Å². The first-order valence-corrected chi connectivity index (χ1v) is 11.2. The SMILES string of the molecule is C=C/C(=C\N=C(C)OC)CN1CC(C)C(c2nn3c(C4CCOCC4)ncc3c(=O)[nH]2)C1. The summed E-state index contributed by atoms with van der Waals surface area (Å²) in [5, 5.41) is 4.87. The average Bonchev–Trinajstić information content (AvgIpc) is 3.40. The second-order valence-corrected chi connectivity index (χ2v) is 8.68. The van der Waals surface area contributed by atoms with Crippen LogP contribution in [0.2, 0.25) is 0 Å². The first-order chi connectivity index (χ1) is 15.5. The van der Waals surface area contributed by atoms with Gasteiger partial charge in [-0.15, -0.1) is 0 Å². The third kappa shape index (κ3) is 4.68. The molecule has 0 radical (unpaired) electrons. The number of likely N-dealkylation sites (tertiary alicyclic amines) is 1. The Balaban J connectivity index is 1.56. The Morgan fingerprint density at radius 2 is 2.19 bits per heavy atom. The number of aromatic nitrogens is 4. The van der Waals surface area contributed by atoms with Crippen molar-refractivity contribution in [1.82, 2.24) is 24.5 Å². The zero-order chi connectivity index (χ0) is 22.7. The maximum absolute atomic E-state index is 12.8. The summed E-state index contributed by atoms with van der Waals surface area (Å²) in [6, 6.07) is 0. The molecule has 0 amide bonds. The van der Waals surface area contributed by atoms with Crippen LogP contribution in [0.4, 0.5) is 0 Å². The Kier molecular flexibility index (Phi) is 6.86. The number of ether oxygens (including phenoxy) is 2. The normalized spacial score (nSPS) is 23.7. The molecule has 2 aromatic rings. The highest BCUT2D eigenvalue weighted by Crippen LogP contribution is 2.31. The Bertz CT molecular complexity index is 1080. The number of hydrogen-bond donors (Lipinski definition) is 1. The van der Waals surface area contributed by atoms with E-state index in [0.29, 0.717) is 17.3 Å². The van der Waals surface area contributed by atoms with E-state index in [1.807, 2.05) is 13.0 Å². The molecule has 0 aliphatic carbocycles. The molecule has 2 aliphatic rings. The lowest BCUT2D eigenvalue weighted by Crippen LogP contribution is -2.25. The van der Waals surface area contributed by atoms with Crippen LogP contribution in [0.1, 0.15) is 50.2 Å². The van der Waals surface area contributed by atoms with Crippen LogP contribution in [-0.2, 0) is 9.47 Å². The number of fused-ring (bicyclic) bond motifs is 1. The quantitative estimate of drug-likeness (QED) is 0.421. The van der Waals surface area contributed by atoms with E-state index in [4.69, 9.17) is 14.6 Å². The standard InChI is InChI=1S/C23H32N6O3/c1-5-17(10-24-16(3)31-4)13-28-12-15(2)19(14-28)21-26-23(30)20-11-25-22(29(20)27-21)18-6-8-32-9-7-18/h5,10-11,15,18-19H,1,6-9,12-14H2,2-4H3,(H,26,27,30)/b17-10+,24-16?. The smallest absolute Gasteiger partial charge is 0.276 e. The van der Waals surface area contributed by atoms with Crippen LogP contribution in [0.15, 0.2) is 40.4 Å². The van der Waals surface area contributed by atoms with Crippen LogP contribution in [0.25, 0.3) is 5.52 Å². The highest BCUT2D eigenvalue weighted by Gasteiger charge is 2.33. The monoisotopic (exact) mass is 440 g/mol. The molecule has 0 saturated carbocycles. The highest BCUT2D eigenvalue weighted by molar-refractivity contribution is 5.73. The van der Waals surface area contributed by atoms with Crippen LogP contribution in [0.5, 0.6) is 0 Å². The van der Waals surface area contributed by atoms with Gasteiger partial charge in [-0.3, -0.25) is 9.69 Å². The number of nitrogens with zero attached hydrogens (tertiary/aromatic N) is 5. The Labute approximate surface area is 187 Å². The van der Waals surface area contributed by atoms with Gasteiger partial charge in [-0.05, 0) is 24.3 Å². The van der Waals surface area contributed by atoms with E-state index in [-0.39, 0.29) is 17.4 Å². The lowest BCUT2D eigenvalue weighted by Gasteiger charge is -2.21. The summed E-state index contributed by atoms with van der Waals surface area (Å²) in [6.45, 7) is 11.8. The molecule has 9 nitrogen and oxygen atoms in total. The van der Waals surface area contributed by atoms with Crippen LogP contribution < -0.4 is 5.56 Å². The number of nitrogens with one attached hydrogen (secondary N) is 1. The highest BCUT2D eigenvalue weighted by atomic mass is 16.5. The molecule has 2 aliphatic heterocycles. The number of aliphatic imine (C=N–C) groups is 1. The largest absolute Gasteiger partial charge is 0.484 e. The summed E-state index contributed by atoms with van der Waals surface area (Å²) in [4.78, 5) is 27.0. The van der Waals surface area contributed by atoms with E-state index >= 15 is 0 Å². The molecule has 1 N–H and O–H groups in total. The Morgan fingerprint density at radius 1 is 1.41 bits per heavy atom. The number of hydrogen-bond acceptors (Lipinski definition) is 7. The number of methoxy groups -OCH3 is 1. The molecule has 2 unspecified atom stereocenters. The fraction of sp³-hybridized carbons (Fsp3) is 0.565. The van der Waals surface area contributed by atoms with E-state index in [0.717, 1.165) is 62.9 Å². The van der Waals surface area contributed by atoms with Crippen LogP contribution in [0, 0.1) is 5.92 Å². The van der Waals surface area contributed by atoms with Crippen LogP contribution in [0.3, 0.4) is 0 Å². The number of imidazole rings is 1. The first-order valence-electron chi connectivity index (χ1n) is 11.2. The minimum absolute atomic E-state index is 0.132. The van der Waals surface area contributed by atoms with E-state index in [9.17, 15) is 4.79 Å². The zero-order valence-electron chi connectivity index (χ0n) is 19.1. The van der Waals surface area contributed by atoms with Crippen LogP contribution in [-0.4, -0.2) is 70.3 Å². The van der Waals surface area contributed by atoms with Gasteiger partial charge in [0.1, 0.15) is 11.6 Å². The second kappa shape index (κ2) is 9.79. The predicted octanol–water partition coefficient (Wildman–Crippen LogP) is 2.48. The lowest BCUT2D eigenvalue weighted by molar-refractivity contribution is 0.0832. The summed E-state index contributed by atoms with van der Waals surface area (Å²) in [5.74, 6) is 2.94. The molecule has 4 heterocycles. The van der Waals surface area contributed by atoms with Gasteiger partial charge in [0, 0.05) is 57.8 Å². The molecule has 2 fully saturated rings. The molecule has 2 aromatic heterocycles. The first kappa shape index (κ1) is 22.4. The van der Waals surface area contributed by atoms with E-state index in [2.05, 4.69) is 33.4 Å². The number of aromatic amines is 1. The van der Waals surface area contributed by atoms with Crippen molar-refractivity contribution in [2.75, 3.05) is 40.0 Å². The van der Waals surface area contributed by atoms with Gasteiger partial charge >= 0.3 is 0 Å². The van der Waals surface area contributed by atoms with Crippen molar-refractivity contribution < 1.29 is 9.47 Å². The molecular formula is C23H32N6O3. The van der Waals surface area contributed by atoms with Crippen molar-refractivity contribution in [1.29, 1.82) is 0 Å². The van der Waals surface area contributed by atoms with E-state index in [1.54, 1.807) is 24.0 Å². The summed E-state index contributed by atoms with van der Waals surface area (Å²) in [6.07, 6.45) is 7.05. The van der Waals surface area contributed by atoms with E-state index < -0.39 is 0 Å². The van der Waals surface area contributed by atoms with Gasteiger partial charge in [0.15, 0.2) is 11.4 Å². The molecule has 9 heteroatoms. The molecule has 32 heavy (non-hydrogen) atoms. The van der Waals surface area contributed by atoms with E-state index in [1.165, 1.54) is 0 Å². The maximum atomic E-state index is 12.8. The Morgan fingerprint density at radius 3 is 2.91 bits per heavy atom. The molecule has 2 atom stereocenters. The molecule has 0 aromatic carbocycles. The molecule has 172 valence electrons. The topological polar surface area (TPSA) is 97.1 Å². The molecule has 2 saturated heterocycles. The van der Waals surface area contributed by atoms with Crippen molar-refractivity contribution in [2.45, 2.75) is 38.5 Å². The third-order valence-electron chi connectivity index (χ3n) is 6.45. The van der Waals surface area contributed by atoms with Crippen molar-refractivity contribution in [2.24, 2.45) is 10.9 Å².